The molecule has 1 N–H and O–H groups in total. The van der Waals surface area contributed by atoms with Crippen LogP contribution in [0.2, 0.25) is 5.02 Å². The number of nitrogens with zero attached hydrogens (tertiary/aromatic N) is 2. The summed E-state index contributed by atoms with van der Waals surface area (Å²) in [7, 11) is -1.98. The van der Waals surface area contributed by atoms with Crippen LogP contribution in [0.3, 0.4) is 0 Å². The van der Waals surface area contributed by atoms with Gasteiger partial charge in [0, 0.05) is 30.6 Å². The molecule has 0 aliphatic carbocycles. The highest BCUT2D eigenvalue weighted by atomic mass is 35.5. The van der Waals surface area contributed by atoms with Crippen LogP contribution in [0.25, 0.3) is 0 Å². The molecule has 10 heteroatoms. The first-order chi connectivity index (χ1) is 16.4. The van der Waals surface area contributed by atoms with Crippen molar-refractivity contribution in [1.29, 1.82) is 0 Å². The first kappa shape index (κ1) is 28.5. The van der Waals surface area contributed by atoms with E-state index in [2.05, 4.69) is 5.32 Å². The van der Waals surface area contributed by atoms with Gasteiger partial charge in [-0.1, -0.05) is 23.7 Å². The third-order valence-corrected chi connectivity index (χ3v) is 6.82. The van der Waals surface area contributed by atoms with Crippen LogP contribution in [0.15, 0.2) is 48.5 Å². The number of ether oxygens (including phenoxy) is 1. The van der Waals surface area contributed by atoms with Gasteiger partial charge in [-0.15, -0.1) is 0 Å². The summed E-state index contributed by atoms with van der Waals surface area (Å²) < 4.78 is 31.1. The van der Waals surface area contributed by atoms with Gasteiger partial charge in [0.1, 0.15) is 11.8 Å². The van der Waals surface area contributed by atoms with Crippen molar-refractivity contribution in [2.24, 2.45) is 0 Å². The van der Waals surface area contributed by atoms with Gasteiger partial charge in [0.15, 0.2) is 0 Å². The number of hydrogen-bond acceptors (Lipinski definition) is 5. The monoisotopic (exact) mass is 523 g/mol. The number of carbonyl (C=O) groups excluding carboxylic acids is 2. The molecule has 0 aliphatic heterocycles. The van der Waals surface area contributed by atoms with Gasteiger partial charge in [-0.2, -0.15) is 0 Å². The quantitative estimate of drug-likeness (QED) is 0.456. The molecule has 0 aliphatic rings. The third-order valence-electron chi connectivity index (χ3n) is 5.38. The molecule has 35 heavy (non-hydrogen) atoms. The molecule has 2 rings (SSSR count). The van der Waals surface area contributed by atoms with Gasteiger partial charge in [-0.25, -0.2) is 8.42 Å². The van der Waals surface area contributed by atoms with Crippen molar-refractivity contribution in [1.82, 2.24) is 10.2 Å². The average Bonchev–Trinajstić information content (AvgIpc) is 2.79. The zero-order valence-corrected chi connectivity index (χ0v) is 22.4. The normalized spacial score (nSPS) is 12.2. The summed E-state index contributed by atoms with van der Waals surface area (Å²) in [6.07, 6.45) is 1.49. The second kappa shape index (κ2) is 12.8. The number of amides is 2. The lowest BCUT2D eigenvalue weighted by atomic mass is 10.1. The maximum Gasteiger partial charge on any atom is 0.242 e. The summed E-state index contributed by atoms with van der Waals surface area (Å²) >= 11 is 5.92. The topological polar surface area (TPSA) is 96.0 Å². The van der Waals surface area contributed by atoms with E-state index in [0.29, 0.717) is 16.5 Å². The molecule has 0 spiro atoms. The van der Waals surface area contributed by atoms with Crippen molar-refractivity contribution < 1.29 is 22.7 Å². The summed E-state index contributed by atoms with van der Waals surface area (Å²) in [5, 5.41) is 3.35. The summed E-state index contributed by atoms with van der Waals surface area (Å²) in [6.45, 7) is 5.76. The Balaban J connectivity index is 2.16. The summed E-state index contributed by atoms with van der Waals surface area (Å²) in [6, 6.07) is 13.0. The molecule has 8 nitrogen and oxygen atoms in total. The number of halogens is 1. The Morgan fingerprint density at radius 2 is 1.63 bits per heavy atom. The summed E-state index contributed by atoms with van der Waals surface area (Å²) in [4.78, 5) is 27.5. The summed E-state index contributed by atoms with van der Waals surface area (Å²) in [5.74, 6) is 0.206. The maximum absolute atomic E-state index is 13.3. The molecule has 0 saturated heterocycles. The van der Waals surface area contributed by atoms with Crippen molar-refractivity contribution in [3.63, 3.8) is 0 Å². The number of rotatable bonds is 12. The van der Waals surface area contributed by atoms with Crippen LogP contribution in [0, 0.1) is 0 Å². The number of benzene rings is 2. The zero-order valence-electron chi connectivity index (χ0n) is 20.8. The number of anilines is 1. The van der Waals surface area contributed by atoms with E-state index in [-0.39, 0.29) is 43.8 Å². The van der Waals surface area contributed by atoms with E-state index in [0.717, 1.165) is 11.8 Å². The Labute approximate surface area is 213 Å². The van der Waals surface area contributed by atoms with E-state index in [1.54, 1.807) is 50.4 Å². The fourth-order valence-electron chi connectivity index (χ4n) is 3.53. The first-order valence-electron chi connectivity index (χ1n) is 11.4. The highest BCUT2D eigenvalue weighted by molar-refractivity contribution is 7.92. The minimum Gasteiger partial charge on any atom is -0.497 e. The highest BCUT2D eigenvalue weighted by Crippen LogP contribution is 2.22. The zero-order chi connectivity index (χ0) is 26.2. The van der Waals surface area contributed by atoms with Gasteiger partial charge in [0.2, 0.25) is 21.8 Å². The predicted molar refractivity (Wildman–Crippen MR) is 139 cm³/mol. The first-order valence-corrected chi connectivity index (χ1v) is 13.6. The van der Waals surface area contributed by atoms with Crippen LogP contribution in [0.1, 0.15) is 39.2 Å². The van der Waals surface area contributed by atoms with Gasteiger partial charge in [0.25, 0.3) is 0 Å². The van der Waals surface area contributed by atoms with Gasteiger partial charge in [-0.3, -0.25) is 13.9 Å². The molecule has 0 heterocycles. The lowest BCUT2D eigenvalue weighted by Crippen LogP contribution is -2.49. The Bertz CT molecular complexity index is 1090. The third kappa shape index (κ3) is 8.74. The lowest BCUT2D eigenvalue weighted by molar-refractivity contribution is -0.140. The number of sulfonamides is 1. The van der Waals surface area contributed by atoms with Crippen molar-refractivity contribution in [3.8, 4) is 5.75 Å². The van der Waals surface area contributed by atoms with Crippen molar-refractivity contribution in [3.05, 3.63) is 59.1 Å². The van der Waals surface area contributed by atoms with Crippen LogP contribution >= 0.6 is 11.6 Å². The van der Waals surface area contributed by atoms with E-state index >= 15 is 0 Å². The Hall–Kier alpha value is -2.78. The number of hydrogen-bond donors (Lipinski definition) is 1. The minimum atomic E-state index is -3.56. The number of carbonyl (C=O) groups is 2. The SMILES string of the molecule is COc1ccc(CN(C(=O)CCCN(c2ccc(Cl)cc2)S(C)(=O)=O)C(C)C(=O)NC(C)C)cc1. The van der Waals surface area contributed by atoms with Crippen LogP contribution in [0.5, 0.6) is 5.75 Å². The van der Waals surface area contributed by atoms with E-state index < -0.39 is 16.1 Å². The molecular formula is C25H34ClN3O5S. The standard InChI is InChI=1S/C25H34ClN3O5S/c1-18(2)27-25(31)19(3)28(17-20-8-14-23(34-4)15-9-20)24(30)7-6-16-29(35(5,32)33)22-12-10-21(26)11-13-22/h8-15,18-19H,6-7,16-17H2,1-5H3,(H,27,31). The molecule has 2 aromatic rings. The van der Waals surface area contributed by atoms with E-state index in [1.165, 1.54) is 9.21 Å². The van der Waals surface area contributed by atoms with Gasteiger partial charge < -0.3 is 15.0 Å². The van der Waals surface area contributed by atoms with Crippen molar-refractivity contribution in [2.75, 3.05) is 24.2 Å². The molecule has 0 fully saturated rings. The molecule has 2 aromatic carbocycles. The van der Waals surface area contributed by atoms with Crippen LogP contribution in [-0.4, -0.2) is 57.1 Å². The molecule has 0 bridgehead atoms. The van der Waals surface area contributed by atoms with E-state index in [1.807, 2.05) is 26.0 Å². The molecule has 1 unspecified atom stereocenters. The largest absolute Gasteiger partial charge is 0.497 e. The lowest BCUT2D eigenvalue weighted by Gasteiger charge is -2.30. The van der Waals surface area contributed by atoms with Gasteiger partial charge in [-0.05, 0) is 69.2 Å². The second-order valence-electron chi connectivity index (χ2n) is 8.62. The van der Waals surface area contributed by atoms with Crippen molar-refractivity contribution in [2.45, 2.75) is 52.2 Å². The predicted octanol–water partition coefficient (Wildman–Crippen LogP) is 3.84. The summed E-state index contributed by atoms with van der Waals surface area (Å²) in [5.41, 5.74) is 1.33. The van der Waals surface area contributed by atoms with Crippen LogP contribution in [0.4, 0.5) is 5.69 Å². The van der Waals surface area contributed by atoms with Gasteiger partial charge >= 0.3 is 0 Å². The van der Waals surface area contributed by atoms with Gasteiger partial charge in [0.05, 0.1) is 19.1 Å². The fourth-order valence-corrected chi connectivity index (χ4v) is 4.62. The maximum atomic E-state index is 13.3. The molecule has 0 aromatic heterocycles. The van der Waals surface area contributed by atoms with Crippen LogP contribution in [-0.2, 0) is 26.2 Å². The molecule has 1 atom stereocenters. The molecule has 2 amide bonds. The minimum absolute atomic E-state index is 0.0643. The molecule has 0 saturated carbocycles. The number of methoxy groups -OCH3 is 1. The average molecular weight is 524 g/mol. The van der Waals surface area contributed by atoms with Crippen LogP contribution < -0.4 is 14.4 Å². The smallest absolute Gasteiger partial charge is 0.242 e. The fraction of sp³-hybridized carbons (Fsp3) is 0.440. The highest BCUT2D eigenvalue weighted by Gasteiger charge is 2.27. The molecule has 192 valence electrons. The Morgan fingerprint density at radius 1 is 1.03 bits per heavy atom. The van der Waals surface area contributed by atoms with E-state index in [9.17, 15) is 18.0 Å². The van der Waals surface area contributed by atoms with E-state index in [4.69, 9.17) is 16.3 Å². The molecular weight excluding hydrogens is 490 g/mol. The van der Waals surface area contributed by atoms with Crippen molar-refractivity contribution >= 4 is 39.1 Å². The number of nitrogens with one attached hydrogen (secondary N) is 1. The second-order valence-corrected chi connectivity index (χ2v) is 11.0. The Kier molecular flexibility index (Phi) is 10.4. The molecule has 0 radical (unpaired) electrons. The Morgan fingerprint density at radius 3 is 2.14 bits per heavy atom.